The summed E-state index contributed by atoms with van der Waals surface area (Å²) in [5.74, 6) is -0.104. The normalized spacial score (nSPS) is 11.6. The third kappa shape index (κ3) is 26.2. The fourth-order valence-electron chi connectivity index (χ4n) is 16.1. The highest BCUT2D eigenvalue weighted by atomic mass is 32.2. The van der Waals surface area contributed by atoms with E-state index < -0.39 is 81.2 Å². The summed E-state index contributed by atoms with van der Waals surface area (Å²) in [6.45, 7) is 3.81. The Kier molecular flexibility index (Phi) is 30.3. The zero-order chi connectivity index (χ0) is 106. The number of alkyl halides is 12. The Balaban J connectivity index is 0.000000136. The minimum Gasteiger partial charge on any atom is -0.497 e. The lowest BCUT2D eigenvalue weighted by atomic mass is 10.0. The van der Waals surface area contributed by atoms with Gasteiger partial charge in [-0.1, -0.05) is 103 Å². The molecule has 0 saturated carbocycles. The third-order valence-electron chi connectivity index (χ3n) is 23.3. The first-order chi connectivity index (χ1) is 71.8. The van der Waals surface area contributed by atoms with Crippen LogP contribution >= 0.6 is 0 Å². The van der Waals surface area contributed by atoms with Crippen LogP contribution in [-0.4, -0.2) is 123 Å². The second kappa shape index (κ2) is 44.2. The van der Waals surface area contributed by atoms with E-state index in [1.54, 1.807) is 117 Å². The summed E-state index contributed by atoms with van der Waals surface area (Å²) in [4.78, 5) is 106. The minimum atomic E-state index is -4.85. The Morgan fingerprint density at radius 3 is 1.00 bits per heavy atom. The summed E-state index contributed by atoms with van der Waals surface area (Å²) >= 11 is 0. The number of aromatic nitrogens is 13. The van der Waals surface area contributed by atoms with Crippen molar-refractivity contribution in [1.82, 2.24) is 64.8 Å². The predicted octanol–water partition coefficient (Wildman–Crippen LogP) is 25.1. The van der Waals surface area contributed by atoms with Gasteiger partial charge in [-0.25, -0.2) is 48.3 Å². The van der Waals surface area contributed by atoms with E-state index in [1.807, 2.05) is 129 Å². The fourth-order valence-corrected chi connectivity index (χ4v) is 16.7. The van der Waals surface area contributed by atoms with E-state index in [0.29, 0.717) is 87.4 Å². The third-order valence-corrected chi connectivity index (χ3v) is 24.4. The number of fused-ring (bicyclic) bond motifs is 4. The van der Waals surface area contributed by atoms with Crippen molar-refractivity contribution >= 4 is 100 Å². The van der Waals surface area contributed by atoms with Gasteiger partial charge >= 0.3 is 25.1 Å². The molecule has 0 unspecified atom stereocenters. The quantitative estimate of drug-likeness (QED) is 0.0261. The number of nitrogens with zero attached hydrogens (tertiary/aromatic N) is 9. The average Bonchev–Trinajstić information content (AvgIpc) is 1.58. The fraction of sp³-hybridized carbons (Fsp3) is 0.108. The second-order valence-corrected chi connectivity index (χ2v) is 36.1. The van der Waals surface area contributed by atoms with Crippen molar-refractivity contribution in [3.05, 3.63) is 424 Å². The van der Waals surface area contributed by atoms with Crippen LogP contribution in [0.3, 0.4) is 0 Å². The molecule has 8 N–H and O–H groups in total. The molecule has 26 nitrogen and oxygen atoms in total. The van der Waals surface area contributed by atoms with Gasteiger partial charge in [0.1, 0.15) is 40.5 Å². The highest BCUT2D eigenvalue weighted by Crippen LogP contribution is 2.38. The van der Waals surface area contributed by atoms with Crippen LogP contribution in [0.15, 0.2) is 339 Å². The van der Waals surface area contributed by atoms with Crippen LogP contribution in [0.2, 0.25) is 0 Å². The van der Waals surface area contributed by atoms with Crippen molar-refractivity contribution in [3.8, 4) is 62.3 Å². The highest BCUT2D eigenvalue weighted by molar-refractivity contribution is 7.90. The number of nitrogens with one attached hydrogen (secondary N) is 8. The van der Waals surface area contributed by atoms with Gasteiger partial charge in [-0.3, -0.25) is 24.2 Å². The molecule has 0 spiro atoms. The molecule has 150 heavy (non-hydrogen) atoms. The number of amides is 4. The topological polar surface area (TPSA) is 357 Å². The number of carbonyl (C=O) groups is 4. The van der Waals surface area contributed by atoms with Crippen molar-refractivity contribution in [2.45, 2.75) is 69.5 Å². The summed E-state index contributed by atoms with van der Waals surface area (Å²) in [6, 6.07) is 78.2. The highest BCUT2D eigenvalue weighted by Gasteiger charge is 2.35. The lowest BCUT2D eigenvalue weighted by molar-refractivity contribution is -0.275. The molecule has 9 aromatic heterocycles. The van der Waals surface area contributed by atoms with Gasteiger partial charge in [0.15, 0.2) is 9.84 Å². The van der Waals surface area contributed by atoms with Crippen molar-refractivity contribution < 1.29 is 94.5 Å². The molecular formula is C111H83F12N17O9S. The molecule has 0 atom stereocenters. The largest absolute Gasteiger partial charge is 0.573 e. The Morgan fingerprint density at radius 1 is 0.320 bits per heavy atom. The van der Waals surface area contributed by atoms with Crippen molar-refractivity contribution in [3.63, 3.8) is 0 Å². The summed E-state index contributed by atoms with van der Waals surface area (Å²) in [7, 11) is -1.74. The molecule has 4 amide bonds. The van der Waals surface area contributed by atoms with Gasteiger partial charge in [0.25, 0.3) is 23.6 Å². The number of H-pyrrole nitrogens is 4. The molecule has 756 valence electrons. The van der Waals surface area contributed by atoms with Crippen LogP contribution in [0, 0.1) is 13.8 Å². The molecule has 39 heteroatoms. The summed E-state index contributed by atoms with van der Waals surface area (Å²) < 4.78 is 190. The van der Waals surface area contributed by atoms with Gasteiger partial charge in [-0.05, 0) is 229 Å². The van der Waals surface area contributed by atoms with Gasteiger partial charge in [-0.2, -0.15) is 26.3 Å². The monoisotopic (exact) mass is 2060 g/mol. The molecule has 0 bridgehead atoms. The van der Waals surface area contributed by atoms with Crippen molar-refractivity contribution in [1.29, 1.82) is 0 Å². The molecule has 20 aromatic rings. The molecule has 0 aliphatic rings. The van der Waals surface area contributed by atoms with Crippen LogP contribution in [0.25, 0.3) is 89.2 Å². The van der Waals surface area contributed by atoms with Gasteiger partial charge in [0, 0.05) is 149 Å². The maximum absolute atomic E-state index is 13.0. The minimum absolute atomic E-state index is 0.0704. The number of anilines is 4. The maximum atomic E-state index is 13.0. The molecule has 20 rings (SSSR count). The molecule has 11 aromatic carbocycles. The van der Waals surface area contributed by atoms with E-state index in [1.165, 1.54) is 60.7 Å². The average molecular weight is 2060 g/mol. The van der Waals surface area contributed by atoms with E-state index in [2.05, 4.69) is 70.6 Å². The van der Waals surface area contributed by atoms with E-state index in [-0.39, 0.29) is 33.8 Å². The number of rotatable bonds is 24. The maximum Gasteiger partial charge on any atom is 0.573 e. The Bertz CT molecular complexity index is 8270. The Morgan fingerprint density at radius 2 is 0.647 bits per heavy atom. The molecule has 9 heterocycles. The predicted molar refractivity (Wildman–Crippen MR) is 542 cm³/mol. The lowest BCUT2D eigenvalue weighted by Gasteiger charge is -2.12. The number of hydrogen-bond donors (Lipinski definition) is 8. The van der Waals surface area contributed by atoms with E-state index >= 15 is 0 Å². The number of sulfone groups is 1. The Hall–Kier alpha value is -18.6. The number of halogens is 12. The van der Waals surface area contributed by atoms with Crippen LogP contribution < -0.4 is 35.5 Å². The number of carbonyl (C=O) groups excluding carboxylic acids is 4. The summed E-state index contributed by atoms with van der Waals surface area (Å²) in [6.07, 6.45) is -5.55. The summed E-state index contributed by atoms with van der Waals surface area (Å²) in [5, 5.41) is 10.6. The first-order valence-corrected chi connectivity index (χ1v) is 47.6. The van der Waals surface area contributed by atoms with E-state index in [0.717, 1.165) is 161 Å². The van der Waals surface area contributed by atoms with E-state index in [9.17, 15) is 80.3 Å². The number of aromatic amines is 4. The lowest BCUT2D eigenvalue weighted by Crippen LogP contribution is -2.17. The smallest absolute Gasteiger partial charge is 0.497 e. The number of aryl methyl sites for hydroxylation is 2. The summed E-state index contributed by atoms with van der Waals surface area (Å²) in [5.41, 5.74) is 17.7. The van der Waals surface area contributed by atoms with Gasteiger partial charge in [0.05, 0.1) is 90.0 Å². The number of hydrogen-bond acceptors (Lipinski definition) is 18. The zero-order valence-electron chi connectivity index (χ0n) is 79.2. The first-order valence-electron chi connectivity index (χ1n) is 45.7. The van der Waals surface area contributed by atoms with Gasteiger partial charge in [0.2, 0.25) is 0 Å². The van der Waals surface area contributed by atoms with Gasteiger partial charge in [-0.15, -0.1) is 26.3 Å². The second-order valence-electron chi connectivity index (χ2n) is 34.0. The molecule has 0 radical (unpaired) electrons. The van der Waals surface area contributed by atoms with Crippen LogP contribution in [-0.2, 0) is 47.9 Å². The number of ether oxygens (including phenoxy) is 3. The standard InChI is InChI=1S/C29H23F3N4O4S.C29H23F3N4O3.C27H19F3N4O.C26H18F3N5O/c1-17-6-7-19(28(37)34-21-4-3-5-22(16-21)40-29(30,31)32)14-20(17)15-25-35-24-12-13-33-27(24)26(36-25)18-8-10-23(11-9-18)41(2,38)39;1-17-6-7-19(28(37)34-21-4-3-5-23(16-21)39-29(30,31)32)14-20(17)15-25-35-24-12-13-33-27(24)26(36-25)18-8-10-22(38-2)11-9-18;28-27(29,30)20-10-5-9-19(16-20)26(35)32-21-11-4-6-17(14-21)15-23-33-22-12-13-31-25(22)24(34-23)18-7-2-1-3-8-18;27-26(28,29)19-5-2-4-18(15-19)25(35)32-20-6-1-3-16(13-20)14-22-33-21-9-12-31-24(21)23(34-22)17-7-10-30-11-8-17/h3-14,16,33H,15H2,1-2H3,(H,34,37);3-14,16,33H,15H2,1-2H3,(H,34,37);1-14,16,31H,15H2,(H,32,35);1-13,15,31H,14H2,(H,32,35). The molecule has 0 aliphatic carbocycles. The molecular weight excluding hydrogens is 1980 g/mol. The molecule has 0 aliphatic heterocycles. The van der Waals surface area contributed by atoms with Crippen LogP contribution in [0.1, 0.15) is 109 Å². The Labute approximate surface area is 845 Å². The first kappa shape index (κ1) is 103. The SMILES string of the molecule is COc1ccc(-c2nc(Cc3cc(C(=O)Nc4cccc(OC(F)(F)F)c4)ccc3C)nc3cc[nH]c23)cc1.Cc1ccc(C(=O)Nc2cccc(OC(F)(F)F)c2)cc1Cc1nc(-c2ccc(S(C)(=O)=O)cc2)c2[nH]ccc2n1.O=C(Nc1cccc(Cc2nc(-c3ccccc3)c3[nH]ccc3n2)c1)c1cccc(C(F)(F)F)c1.O=C(Nc1cccc(Cc2nc(-c3ccncc3)c3[nH]ccc3n2)c1)c1cccc(C(F)(F)F)c1. The number of benzene rings is 11. The van der Waals surface area contributed by atoms with Crippen LogP contribution in [0.5, 0.6) is 17.2 Å². The number of pyridine rings is 1. The van der Waals surface area contributed by atoms with Gasteiger partial charge < -0.3 is 55.4 Å². The van der Waals surface area contributed by atoms with Crippen molar-refractivity contribution in [2.75, 3.05) is 34.6 Å². The van der Waals surface area contributed by atoms with E-state index in [4.69, 9.17) is 29.7 Å². The molecule has 0 saturated heterocycles. The van der Waals surface area contributed by atoms with Crippen molar-refractivity contribution in [2.24, 2.45) is 0 Å². The zero-order valence-corrected chi connectivity index (χ0v) is 80.0. The number of methoxy groups -OCH3 is 1. The molecule has 0 fully saturated rings. The van der Waals surface area contributed by atoms with Crippen LogP contribution in [0.4, 0.5) is 75.4 Å².